The van der Waals surface area contributed by atoms with Crippen LogP contribution in [0.15, 0.2) is 0 Å². The van der Waals surface area contributed by atoms with Crippen LogP contribution in [-0.4, -0.2) is 18.9 Å². The van der Waals surface area contributed by atoms with Crippen molar-refractivity contribution in [1.29, 1.82) is 0 Å². The maximum Gasteiger partial charge on any atom is 0.293 e. The second-order valence-electron chi connectivity index (χ2n) is 1.49. The summed E-state index contributed by atoms with van der Waals surface area (Å²) in [6.45, 7) is 0.448. The highest BCUT2D eigenvalue weighted by Crippen LogP contribution is 1.68. The summed E-state index contributed by atoms with van der Waals surface area (Å²) in [5, 5.41) is 2.39. The third kappa shape index (κ3) is 6.50. The van der Waals surface area contributed by atoms with Gasteiger partial charge in [-0.3, -0.25) is 9.59 Å². The Morgan fingerprint density at radius 3 is 2.90 bits per heavy atom. The molecule has 4 heteroatoms. The second-order valence-corrected chi connectivity index (χ2v) is 1.49. The van der Waals surface area contributed by atoms with E-state index in [1.54, 1.807) is 0 Å². The number of primary amides is 1. The average Bonchev–Trinajstić information content (AvgIpc) is 1.87. The van der Waals surface area contributed by atoms with Gasteiger partial charge in [0.1, 0.15) is 0 Å². The molecule has 0 aromatic rings. The lowest BCUT2D eigenvalue weighted by Gasteiger charge is -1.87. The van der Waals surface area contributed by atoms with Gasteiger partial charge in [0.05, 0.1) is 0 Å². The molecule has 3 N–H and O–H groups in total. The van der Waals surface area contributed by atoms with Gasteiger partial charge < -0.3 is 11.1 Å². The van der Waals surface area contributed by atoms with Gasteiger partial charge in [0, 0.05) is 13.0 Å². The normalized spacial score (nSPS) is 7.20. The Morgan fingerprint density at radius 1 is 1.70 bits per heavy atom. The van der Waals surface area contributed by atoms with Crippen LogP contribution in [-0.2, 0) is 9.59 Å². The molecule has 54 valence electrons. The maximum absolute atomic E-state index is 9.99. The van der Waals surface area contributed by atoms with E-state index < -0.39 is 5.91 Å². The minimum absolute atomic E-state index is 0.446. The third-order valence-electron chi connectivity index (χ3n) is 0.689. The molecular weight excluding hydrogens is 132 g/mol. The lowest BCUT2D eigenvalue weighted by Crippen LogP contribution is -2.11. The number of carbonyl (C=O) groups is 2. The summed E-state index contributed by atoms with van der Waals surface area (Å²) >= 11 is 0. The van der Waals surface area contributed by atoms with E-state index >= 15 is 0 Å². The molecular formula is C6H8N2O2. The van der Waals surface area contributed by atoms with Crippen molar-refractivity contribution >= 4 is 12.3 Å². The first-order valence-electron chi connectivity index (χ1n) is 2.72. The Bertz CT molecular complexity index is 178. The minimum atomic E-state index is -0.647. The molecule has 0 spiro atoms. The predicted molar refractivity (Wildman–Crippen MR) is 35.7 cm³/mol. The molecule has 0 heterocycles. The van der Waals surface area contributed by atoms with Crippen molar-refractivity contribution < 1.29 is 9.59 Å². The van der Waals surface area contributed by atoms with Crippen LogP contribution in [0.1, 0.15) is 6.42 Å². The summed E-state index contributed by atoms with van der Waals surface area (Å²) in [5.74, 6) is 3.96. The van der Waals surface area contributed by atoms with Crippen LogP contribution in [0, 0.1) is 11.8 Å². The van der Waals surface area contributed by atoms with E-state index in [4.69, 9.17) is 5.73 Å². The van der Waals surface area contributed by atoms with Crippen molar-refractivity contribution in [3.05, 3.63) is 0 Å². The van der Waals surface area contributed by atoms with Gasteiger partial charge in [-0.25, -0.2) is 0 Å². The minimum Gasteiger partial charge on any atom is -0.359 e. The van der Waals surface area contributed by atoms with E-state index in [-0.39, 0.29) is 0 Å². The second kappa shape index (κ2) is 5.63. The lowest BCUT2D eigenvalue weighted by molar-refractivity contribution is -0.113. The number of hydrogen-bond acceptors (Lipinski definition) is 2. The molecule has 0 radical (unpaired) electrons. The zero-order chi connectivity index (χ0) is 7.82. The van der Waals surface area contributed by atoms with Crippen LogP contribution >= 0.6 is 0 Å². The van der Waals surface area contributed by atoms with Crippen LogP contribution in [0.3, 0.4) is 0 Å². The van der Waals surface area contributed by atoms with Crippen molar-refractivity contribution in [1.82, 2.24) is 5.32 Å². The summed E-state index contributed by atoms with van der Waals surface area (Å²) in [4.78, 5) is 19.6. The highest BCUT2D eigenvalue weighted by molar-refractivity contribution is 5.91. The fourth-order valence-electron chi connectivity index (χ4n) is 0.343. The van der Waals surface area contributed by atoms with E-state index in [0.717, 1.165) is 0 Å². The Morgan fingerprint density at radius 2 is 2.40 bits per heavy atom. The van der Waals surface area contributed by atoms with Gasteiger partial charge in [-0.05, 0) is 5.92 Å². The zero-order valence-corrected chi connectivity index (χ0v) is 5.39. The van der Waals surface area contributed by atoms with Crippen LogP contribution < -0.4 is 11.1 Å². The van der Waals surface area contributed by atoms with E-state index in [2.05, 4.69) is 17.2 Å². The average molecular weight is 140 g/mol. The summed E-state index contributed by atoms with van der Waals surface area (Å²) in [5.41, 5.74) is 4.70. The van der Waals surface area contributed by atoms with Gasteiger partial charge in [0.25, 0.3) is 5.91 Å². The first-order valence-corrected chi connectivity index (χ1v) is 2.72. The molecule has 0 bridgehead atoms. The fraction of sp³-hybridized carbons (Fsp3) is 0.333. The Hall–Kier alpha value is -1.50. The molecule has 0 atom stereocenters. The van der Waals surface area contributed by atoms with Gasteiger partial charge >= 0.3 is 0 Å². The fourth-order valence-corrected chi connectivity index (χ4v) is 0.343. The zero-order valence-electron chi connectivity index (χ0n) is 5.39. The number of hydrogen-bond donors (Lipinski definition) is 2. The third-order valence-corrected chi connectivity index (χ3v) is 0.689. The molecule has 0 aliphatic rings. The van der Waals surface area contributed by atoms with Crippen LogP contribution in [0.25, 0.3) is 0 Å². The highest BCUT2D eigenvalue weighted by Gasteiger charge is 1.79. The predicted octanol–water partition coefficient (Wildman–Crippen LogP) is -1.39. The summed E-state index contributed by atoms with van der Waals surface area (Å²) < 4.78 is 0. The van der Waals surface area contributed by atoms with Gasteiger partial charge in [-0.1, -0.05) is 5.92 Å². The van der Waals surface area contributed by atoms with E-state index in [9.17, 15) is 9.59 Å². The summed E-state index contributed by atoms with van der Waals surface area (Å²) in [7, 11) is 0. The van der Waals surface area contributed by atoms with Crippen molar-refractivity contribution in [3.63, 3.8) is 0 Å². The molecule has 0 fully saturated rings. The lowest BCUT2D eigenvalue weighted by atomic mass is 10.4. The molecule has 2 amide bonds. The standard InChI is InChI=1S/C6H8N2O2/c7-6(10)3-1-2-4-8-5-9/h5H,2,4H2,(H2,7,10)(H,8,9). The van der Waals surface area contributed by atoms with Crippen molar-refractivity contribution in [2.24, 2.45) is 5.73 Å². The SMILES string of the molecule is NC(=O)C#CCCNC=O. The molecule has 10 heavy (non-hydrogen) atoms. The topological polar surface area (TPSA) is 72.2 Å². The Balaban J connectivity index is 3.28. The van der Waals surface area contributed by atoms with Gasteiger partial charge in [0.2, 0.25) is 6.41 Å². The molecule has 4 nitrogen and oxygen atoms in total. The number of amides is 2. The van der Waals surface area contributed by atoms with Crippen molar-refractivity contribution in [2.45, 2.75) is 6.42 Å². The summed E-state index contributed by atoms with van der Waals surface area (Å²) in [6.07, 6.45) is 1.02. The molecule has 0 saturated carbocycles. The Labute approximate surface area is 58.8 Å². The molecule has 0 saturated heterocycles. The molecule has 0 aliphatic carbocycles. The Kier molecular flexibility index (Phi) is 4.79. The highest BCUT2D eigenvalue weighted by atomic mass is 16.1. The van der Waals surface area contributed by atoms with Crippen LogP contribution in [0.4, 0.5) is 0 Å². The first-order chi connectivity index (χ1) is 4.77. The van der Waals surface area contributed by atoms with Crippen LogP contribution in [0.2, 0.25) is 0 Å². The molecule has 0 aromatic heterocycles. The van der Waals surface area contributed by atoms with Crippen molar-refractivity contribution in [3.8, 4) is 11.8 Å². The van der Waals surface area contributed by atoms with Crippen molar-refractivity contribution in [2.75, 3.05) is 6.54 Å². The molecule has 0 aromatic carbocycles. The van der Waals surface area contributed by atoms with Gasteiger partial charge in [-0.15, -0.1) is 0 Å². The maximum atomic E-state index is 9.99. The smallest absolute Gasteiger partial charge is 0.293 e. The van der Waals surface area contributed by atoms with Gasteiger partial charge in [0.15, 0.2) is 0 Å². The quantitative estimate of drug-likeness (QED) is 0.288. The molecule has 0 unspecified atom stereocenters. The largest absolute Gasteiger partial charge is 0.359 e. The number of rotatable bonds is 3. The monoisotopic (exact) mass is 140 g/mol. The molecule has 0 rings (SSSR count). The van der Waals surface area contributed by atoms with E-state index in [0.29, 0.717) is 19.4 Å². The number of nitrogens with two attached hydrogens (primary N) is 1. The van der Waals surface area contributed by atoms with Gasteiger partial charge in [-0.2, -0.15) is 0 Å². The number of nitrogens with one attached hydrogen (secondary N) is 1. The van der Waals surface area contributed by atoms with E-state index in [1.165, 1.54) is 0 Å². The number of carbonyl (C=O) groups excluding carboxylic acids is 2. The summed E-state index contributed by atoms with van der Waals surface area (Å²) in [6, 6.07) is 0. The van der Waals surface area contributed by atoms with E-state index in [1.807, 2.05) is 0 Å². The van der Waals surface area contributed by atoms with Crippen LogP contribution in [0.5, 0.6) is 0 Å². The molecule has 0 aliphatic heterocycles. The first kappa shape index (κ1) is 8.50.